The highest BCUT2D eigenvalue weighted by Gasteiger charge is 2.37. The van der Waals surface area contributed by atoms with Crippen LogP contribution >= 0.6 is 0 Å². The van der Waals surface area contributed by atoms with Crippen molar-refractivity contribution in [1.82, 2.24) is 10.2 Å². The van der Waals surface area contributed by atoms with Gasteiger partial charge in [-0.05, 0) is 61.4 Å². The molecule has 2 amide bonds. The van der Waals surface area contributed by atoms with E-state index in [9.17, 15) is 9.59 Å². The van der Waals surface area contributed by atoms with Gasteiger partial charge in [0.05, 0.1) is 11.3 Å². The van der Waals surface area contributed by atoms with E-state index >= 15 is 0 Å². The molecule has 0 spiro atoms. The molecule has 1 saturated heterocycles. The molecule has 1 unspecified atom stereocenters. The van der Waals surface area contributed by atoms with Crippen LogP contribution in [0.25, 0.3) is 0 Å². The molecule has 31 heavy (non-hydrogen) atoms. The van der Waals surface area contributed by atoms with Crippen LogP contribution in [0.4, 0.5) is 5.69 Å². The van der Waals surface area contributed by atoms with Crippen LogP contribution in [-0.4, -0.2) is 36.0 Å². The first kappa shape index (κ1) is 21.4. The fourth-order valence-electron chi connectivity index (χ4n) is 4.74. The van der Waals surface area contributed by atoms with E-state index in [1.807, 2.05) is 17.0 Å². The number of nitrogens with one attached hydrogen (secondary N) is 1. The summed E-state index contributed by atoms with van der Waals surface area (Å²) in [6.07, 6.45) is 4.45. The zero-order valence-electron chi connectivity index (χ0n) is 18.9. The van der Waals surface area contributed by atoms with E-state index in [4.69, 9.17) is 0 Å². The third-order valence-electron chi connectivity index (χ3n) is 6.58. The highest BCUT2D eigenvalue weighted by Crippen LogP contribution is 2.35. The second kappa shape index (κ2) is 9.13. The van der Waals surface area contributed by atoms with Crippen LogP contribution in [0.15, 0.2) is 42.5 Å². The Morgan fingerprint density at radius 1 is 1.10 bits per heavy atom. The number of benzene rings is 2. The van der Waals surface area contributed by atoms with Crippen LogP contribution < -0.4 is 10.2 Å². The number of hydrogen-bond acceptors (Lipinski definition) is 3. The quantitative estimate of drug-likeness (QED) is 0.748. The van der Waals surface area contributed by atoms with Crippen molar-refractivity contribution in [2.45, 2.75) is 65.1 Å². The third-order valence-corrected chi connectivity index (χ3v) is 6.58. The van der Waals surface area contributed by atoms with Crippen LogP contribution in [-0.2, 0) is 6.54 Å². The summed E-state index contributed by atoms with van der Waals surface area (Å²) in [5.41, 5.74) is 4.58. The minimum Gasteiger partial charge on any atom is -0.351 e. The number of amides is 2. The maximum absolute atomic E-state index is 13.1. The van der Waals surface area contributed by atoms with E-state index in [1.54, 1.807) is 6.07 Å². The lowest BCUT2D eigenvalue weighted by molar-refractivity contribution is 0.0656. The Bertz CT molecular complexity index is 952. The summed E-state index contributed by atoms with van der Waals surface area (Å²) in [5.74, 6) is 0.485. The molecule has 1 fully saturated rings. The van der Waals surface area contributed by atoms with Gasteiger partial charge in [-0.1, -0.05) is 44.5 Å². The molecule has 4 rings (SSSR count). The van der Waals surface area contributed by atoms with Gasteiger partial charge in [-0.15, -0.1) is 0 Å². The highest BCUT2D eigenvalue weighted by molar-refractivity contribution is 6.04. The van der Waals surface area contributed by atoms with Gasteiger partial charge in [-0.3, -0.25) is 9.59 Å². The van der Waals surface area contributed by atoms with Gasteiger partial charge in [0.1, 0.15) is 6.17 Å². The molecule has 0 bridgehead atoms. The first-order chi connectivity index (χ1) is 15.0. The average molecular weight is 420 g/mol. The molecule has 2 aromatic rings. The number of nitrogens with zero attached hydrogens (tertiary/aromatic N) is 2. The van der Waals surface area contributed by atoms with E-state index in [0.717, 1.165) is 43.6 Å². The summed E-state index contributed by atoms with van der Waals surface area (Å²) < 4.78 is 0. The number of fused-ring (bicyclic) bond motifs is 2. The van der Waals surface area contributed by atoms with Crippen molar-refractivity contribution in [3.05, 3.63) is 64.7 Å². The number of carbonyl (C=O) groups is 2. The summed E-state index contributed by atoms with van der Waals surface area (Å²) in [7, 11) is 0. The van der Waals surface area contributed by atoms with Gasteiger partial charge in [0, 0.05) is 25.2 Å². The fourth-order valence-corrected chi connectivity index (χ4v) is 4.74. The second-order valence-corrected chi connectivity index (χ2v) is 8.93. The van der Waals surface area contributed by atoms with Crippen molar-refractivity contribution in [2.24, 2.45) is 0 Å². The molecule has 0 aliphatic carbocycles. The number of carbonyl (C=O) groups excluding carboxylic acids is 2. The Hall–Kier alpha value is -2.82. The van der Waals surface area contributed by atoms with Crippen LogP contribution in [0.5, 0.6) is 0 Å². The molecule has 0 aromatic heterocycles. The molecule has 1 atom stereocenters. The Morgan fingerprint density at radius 3 is 2.58 bits per heavy atom. The molecular formula is C26H33N3O2. The van der Waals surface area contributed by atoms with Crippen molar-refractivity contribution in [2.75, 3.05) is 18.0 Å². The Labute approximate surface area is 185 Å². The van der Waals surface area contributed by atoms with Crippen LogP contribution in [0.2, 0.25) is 0 Å². The van der Waals surface area contributed by atoms with Crippen LogP contribution in [0.3, 0.4) is 0 Å². The van der Waals surface area contributed by atoms with Gasteiger partial charge < -0.3 is 15.1 Å². The summed E-state index contributed by atoms with van der Waals surface area (Å²) in [5, 5.41) is 3.03. The summed E-state index contributed by atoms with van der Waals surface area (Å²) >= 11 is 0. The highest BCUT2D eigenvalue weighted by atomic mass is 16.2. The molecule has 5 heteroatoms. The summed E-state index contributed by atoms with van der Waals surface area (Å²) in [6, 6.07) is 13.9. The monoisotopic (exact) mass is 419 g/mol. The number of rotatable bonds is 5. The van der Waals surface area contributed by atoms with Gasteiger partial charge >= 0.3 is 0 Å². The van der Waals surface area contributed by atoms with E-state index in [1.165, 1.54) is 12.0 Å². The van der Waals surface area contributed by atoms with Gasteiger partial charge in [0.2, 0.25) is 0 Å². The normalized spacial score (nSPS) is 18.5. The lowest BCUT2D eigenvalue weighted by atomic mass is 10.0. The maximum atomic E-state index is 13.1. The number of anilines is 1. The minimum absolute atomic E-state index is 0.101. The smallest absolute Gasteiger partial charge is 0.257 e. The molecule has 2 aliphatic heterocycles. The van der Waals surface area contributed by atoms with E-state index in [0.29, 0.717) is 23.6 Å². The molecule has 0 saturated carbocycles. The molecule has 2 aliphatic rings. The van der Waals surface area contributed by atoms with E-state index in [-0.39, 0.29) is 18.0 Å². The summed E-state index contributed by atoms with van der Waals surface area (Å²) in [6.45, 7) is 8.58. The van der Waals surface area contributed by atoms with Crippen molar-refractivity contribution in [3.63, 3.8) is 0 Å². The zero-order valence-corrected chi connectivity index (χ0v) is 18.9. The third kappa shape index (κ3) is 4.32. The molecular weight excluding hydrogens is 386 g/mol. The second-order valence-electron chi connectivity index (χ2n) is 8.93. The first-order valence-electron chi connectivity index (χ1n) is 11.6. The first-order valence-corrected chi connectivity index (χ1v) is 11.6. The van der Waals surface area contributed by atoms with Gasteiger partial charge in [-0.2, -0.15) is 0 Å². The Morgan fingerprint density at radius 2 is 1.87 bits per heavy atom. The van der Waals surface area contributed by atoms with E-state index in [2.05, 4.69) is 55.3 Å². The summed E-state index contributed by atoms with van der Waals surface area (Å²) in [4.78, 5) is 30.3. The lowest BCUT2D eigenvalue weighted by Crippen LogP contribution is -2.55. The maximum Gasteiger partial charge on any atom is 0.257 e. The van der Waals surface area contributed by atoms with Crippen molar-refractivity contribution in [3.8, 4) is 0 Å². The minimum atomic E-state index is -0.109. The molecule has 164 valence electrons. The lowest BCUT2D eigenvalue weighted by Gasteiger charge is -2.44. The van der Waals surface area contributed by atoms with Gasteiger partial charge in [0.15, 0.2) is 0 Å². The number of hydrogen-bond donors (Lipinski definition) is 1. The largest absolute Gasteiger partial charge is 0.351 e. The molecule has 0 radical (unpaired) electrons. The molecule has 1 N–H and O–H groups in total. The predicted octanol–water partition coefficient (Wildman–Crippen LogP) is 4.92. The van der Waals surface area contributed by atoms with Crippen molar-refractivity contribution in [1.29, 1.82) is 0 Å². The average Bonchev–Trinajstić information content (AvgIpc) is 3.04. The molecule has 2 heterocycles. The Kier molecular flexibility index (Phi) is 6.30. The van der Waals surface area contributed by atoms with Crippen LogP contribution in [0, 0.1) is 0 Å². The molecule has 2 aromatic carbocycles. The molecule has 5 nitrogen and oxygen atoms in total. The predicted molar refractivity (Wildman–Crippen MR) is 124 cm³/mol. The van der Waals surface area contributed by atoms with Gasteiger partial charge in [-0.25, -0.2) is 0 Å². The van der Waals surface area contributed by atoms with Gasteiger partial charge in [0.25, 0.3) is 11.8 Å². The van der Waals surface area contributed by atoms with Crippen molar-refractivity contribution >= 4 is 17.5 Å². The SMILES string of the molecule is CCN1c2cc(C(=O)NCc3ccc(C(C)C)cc3)ccc2C(=O)N2CCCCCC21. The topological polar surface area (TPSA) is 52.7 Å². The van der Waals surface area contributed by atoms with E-state index < -0.39 is 0 Å². The van der Waals surface area contributed by atoms with Crippen molar-refractivity contribution < 1.29 is 9.59 Å². The fraction of sp³-hybridized carbons (Fsp3) is 0.462. The Balaban J connectivity index is 1.52. The van der Waals surface area contributed by atoms with Crippen LogP contribution in [0.1, 0.15) is 84.2 Å². The zero-order chi connectivity index (χ0) is 22.0. The standard InChI is InChI=1S/C26H33N3O2/c1-4-28-23-16-21(25(30)27-17-19-9-11-20(12-10-19)18(2)3)13-14-22(23)26(31)29-15-7-5-6-8-24(28)29/h9-14,16,18,24H,4-8,15,17H2,1-3H3,(H,27,30).